The zero-order chi connectivity index (χ0) is 15.0. The summed E-state index contributed by atoms with van der Waals surface area (Å²) in [5.41, 5.74) is 2.73. The van der Waals surface area contributed by atoms with Crippen LogP contribution in [0.15, 0.2) is 24.3 Å². The van der Waals surface area contributed by atoms with Crippen molar-refractivity contribution in [3.8, 4) is 0 Å². The molecular weight excluding hydrogens is 258 g/mol. The molecule has 0 radical (unpaired) electrons. The van der Waals surface area contributed by atoms with Crippen molar-refractivity contribution >= 4 is 5.69 Å². The first-order chi connectivity index (χ1) is 10.1. The third-order valence-corrected chi connectivity index (χ3v) is 5.57. The zero-order valence-corrected chi connectivity index (χ0v) is 13.8. The fraction of sp³-hybridized carbons (Fsp3) is 0.667. The van der Waals surface area contributed by atoms with E-state index in [9.17, 15) is 0 Å². The SMILES string of the molecule is CCC1C2CNCC2CN1C(C)c1ccc(N(C)C)cc1. The largest absolute Gasteiger partial charge is 0.378 e. The van der Waals surface area contributed by atoms with E-state index in [1.165, 1.54) is 37.3 Å². The van der Waals surface area contributed by atoms with E-state index < -0.39 is 0 Å². The first-order valence-electron chi connectivity index (χ1n) is 8.35. The molecule has 3 rings (SSSR count). The van der Waals surface area contributed by atoms with Crippen LogP contribution in [0.2, 0.25) is 0 Å². The summed E-state index contributed by atoms with van der Waals surface area (Å²) in [6, 6.07) is 10.4. The molecule has 0 bridgehead atoms. The maximum atomic E-state index is 3.58. The van der Waals surface area contributed by atoms with E-state index in [-0.39, 0.29) is 0 Å². The minimum Gasteiger partial charge on any atom is -0.378 e. The number of hydrogen-bond acceptors (Lipinski definition) is 3. The highest BCUT2D eigenvalue weighted by Crippen LogP contribution is 2.39. The fourth-order valence-corrected chi connectivity index (χ4v) is 4.28. The predicted molar refractivity (Wildman–Crippen MR) is 89.8 cm³/mol. The maximum absolute atomic E-state index is 3.58. The van der Waals surface area contributed by atoms with Crippen molar-refractivity contribution in [3.63, 3.8) is 0 Å². The van der Waals surface area contributed by atoms with Gasteiger partial charge in [0.05, 0.1) is 0 Å². The summed E-state index contributed by atoms with van der Waals surface area (Å²) < 4.78 is 0. The van der Waals surface area contributed by atoms with Crippen molar-refractivity contribution in [3.05, 3.63) is 29.8 Å². The van der Waals surface area contributed by atoms with Crippen molar-refractivity contribution in [1.29, 1.82) is 0 Å². The summed E-state index contributed by atoms with van der Waals surface area (Å²) in [5.74, 6) is 1.72. The number of nitrogens with one attached hydrogen (secondary N) is 1. The van der Waals surface area contributed by atoms with Crippen LogP contribution in [-0.4, -0.2) is 44.7 Å². The molecule has 0 amide bonds. The van der Waals surface area contributed by atoms with Gasteiger partial charge in [0.15, 0.2) is 0 Å². The number of benzene rings is 1. The second-order valence-corrected chi connectivity index (χ2v) is 6.92. The Balaban J connectivity index is 1.76. The molecule has 1 N–H and O–H groups in total. The van der Waals surface area contributed by atoms with Crippen LogP contribution in [0.3, 0.4) is 0 Å². The van der Waals surface area contributed by atoms with Crippen molar-refractivity contribution in [2.45, 2.75) is 32.4 Å². The van der Waals surface area contributed by atoms with E-state index in [0.29, 0.717) is 6.04 Å². The van der Waals surface area contributed by atoms with Crippen molar-refractivity contribution in [2.24, 2.45) is 11.8 Å². The van der Waals surface area contributed by atoms with Crippen molar-refractivity contribution < 1.29 is 0 Å². The van der Waals surface area contributed by atoms with Crippen LogP contribution in [0.4, 0.5) is 5.69 Å². The second-order valence-electron chi connectivity index (χ2n) is 6.92. The lowest BCUT2D eigenvalue weighted by Crippen LogP contribution is -2.36. The van der Waals surface area contributed by atoms with Gasteiger partial charge in [0.1, 0.15) is 0 Å². The molecule has 3 nitrogen and oxygen atoms in total. The average molecular weight is 287 g/mol. The zero-order valence-electron chi connectivity index (χ0n) is 13.8. The van der Waals surface area contributed by atoms with E-state index in [2.05, 4.69) is 67.3 Å². The summed E-state index contributed by atoms with van der Waals surface area (Å²) in [4.78, 5) is 4.91. The molecule has 1 aromatic carbocycles. The summed E-state index contributed by atoms with van der Waals surface area (Å²) in [6.07, 6.45) is 1.27. The van der Waals surface area contributed by atoms with Gasteiger partial charge in [-0.25, -0.2) is 0 Å². The predicted octanol–water partition coefficient (Wildman–Crippen LogP) is 2.74. The average Bonchev–Trinajstić information content (AvgIpc) is 3.06. The van der Waals surface area contributed by atoms with Crippen LogP contribution in [-0.2, 0) is 0 Å². The van der Waals surface area contributed by atoms with Gasteiger partial charge in [-0.1, -0.05) is 19.1 Å². The number of rotatable bonds is 4. The Morgan fingerprint density at radius 3 is 2.57 bits per heavy atom. The van der Waals surface area contributed by atoms with Gasteiger partial charge in [0.2, 0.25) is 0 Å². The topological polar surface area (TPSA) is 18.5 Å². The molecular formula is C18H29N3. The van der Waals surface area contributed by atoms with Gasteiger partial charge in [-0.05, 0) is 56.0 Å². The summed E-state index contributed by atoms with van der Waals surface area (Å²) in [7, 11) is 4.19. The molecule has 4 unspecified atom stereocenters. The standard InChI is InChI=1S/C18H29N3/c1-5-18-17-11-19-10-15(17)12-21(18)13(2)14-6-8-16(9-7-14)20(3)4/h6-9,13,15,17-19H,5,10-12H2,1-4H3. The molecule has 1 aromatic rings. The van der Waals surface area contributed by atoms with Gasteiger partial charge >= 0.3 is 0 Å². The molecule has 2 aliphatic heterocycles. The van der Waals surface area contributed by atoms with Gasteiger partial charge in [0, 0.05) is 38.4 Å². The molecule has 2 saturated heterocycles. The van der Waals surface area contributed by atoms with Gasteiger partial charge in [0.25, 0.3) is 0 Å². The lowest BCUT2D eigenvalue weighted by Gasteiger charge is -2.33. The number of nitrogens with zero attached hydrogens (tertiary/aromatic N) is 2. The minimum absolute atomic E-state index is 0.525. The monoisotopic (exact) mass is 287 g/mol. The van der Waals surface area contributed by atoms with Gasteiger partial charge in [-0.15, -0.1) is 0 Å². The Kier molecular flexibility index (Phi) is 4.23. The van der Waals surface area contributed by atoms with E-state index in [1.54, 1.807) is 0 Å². The quantitative estimate of drug-likeness (QED) is 0.918. The highest BCUT2D eigenvalue weighted by atomic mass is 15.2. The highest BCUT2D eigenvalue weighted by Gasteiger charge is 2.44. The van der Waals surface area contributed by atoms with Crippen LogP contribution in [0.5, 0.6) is 0 Å². The summed E-state index contributed by atoms with van der Waals surface area (Å²) in [6.45, 7) is 8.41. The van der Waals surface area contributed by atoms with Crippen LogP contribution in [0, 0.1) is 11.8 Å². The molecule has 0 spiro atoms. The molecule has 2 fully saturated rings. The van der Waals surface area contributed by atoms with Crippen molar-refractivity contribution in [1.82, 2.24) is 10.2 Å². The Morgan fingerprint density at radius 2 is 1.95 bits per heavy atom. The lowest BCUT2D eigenvalue weighted by atomic mass is 9.92. The Bertz CT molecular complexity index is 468. The third kappa shape index (κ3) is 2.69. The second kappa shape index (κ2) is 5.98. The summed E-state index contributed by atoms with van der Waals surface area (Å²) >= 11 is 0. The number of fused-ring (bicyclic) bond motifs is 1. The van der Waals surface area contributed by atoms with Crippen LogP contribution in [0.1, 0.15) is 31.9 Å². The molecule has 0 aromatic heterocycles. The van der Waals surface area contributed by atoms with Crippen LogP contribution in [0.25, 0.3) is 0 Å². The van der Waals surface area contributed by atoms with E-state index in [4.69, 9.17) is 0 Å². The molecule has 2 aliphatic rings. The third-order valence-electron chi connectivity index (χ3n) is 5.57. The van der Waals surface area contributed by atoms with E-state index in [1.807, 2.05) is 0 Å². The first-order valence-corrected chi connectivity index (χ1v) is 8.35. The Morgan fingerprint density at radius 1 is 1.24 bits per heavy atom. The van der Waals surface area contributed by atoms with E-state index in [0.717, 1.165) is 17.9 Å². The van der Waals surface area contributed by atoms with Crippen molar-refractivity contribution in [2.75, 3.05) is 38.6 Å². The fourth-order valence-electron chi connectivity index (χ4n) is 4.28. The molecule has 116 valence electrons. The molecule has 21 heavy (non-hydrogen) atoms. The van der Waals surface area contributed by atoms with Crippen LogP contribution >= 0.6 is 0 Å². The lowest BCUT2D eigenvalue weighted by molar-refractivity contribution is 0.165. The Labute approximate surface area is 129 Å². The molecule has 2 heterocycles. The van der Waals surface area contributed by atoms with E-state index >= 15 is 0 Å². The smallest absolute Gasteiger partial charge is 0.0361 e. The number of likely N-dealkylation sites (tertiary alicyclic amines) is 1. The Hall–Kier alpha value is -1.06. The molecule has 0 saturated carbocycles. The maximum Gasteiger partial charge on any atom is 0.0361 e. The molecule has 4 atom stereocenters. The molecule has 3 heteroatoms. The highest BCUT2D eigenvalue weighted by molar-refractivity contribution is 5.46. The van der Waals surface area contributed by atoms with Gasteiger partial charge < -0.3 is 10.2 Å². The normalized spacial score (nSPS) is 30.4. The number of anilines is 1. The van der Waals surface area contributed by atoms with Crippen LogP contribution < -0.4 is 10.2 Å². The minimum atomic E-state index is 0.525. The first kappa shape index (κ1) is 14.9. The number of hydrogen-bond donors (Lipinski definition) is 1. The van der Waals surface area contributed by atoms with Gasteiger partial charge in [-0.2, -0.15) is 0 Å². The molecule has 0 aliphatic carbocycles. The summed E-state index contributed by atoms with van der Waals surface area (Å²) in [5, 5.41) is 3.58. The van der Waals surface area contributed by atoms with Gasteiger partial charge in [-0.3, -0.25) is 4.90 Å².